The fourth-order valence-corrected chi connectivity index (χ4v) is 2.28. The van der Waals surface area contributed by atoms with E-state index in [1.807, 2.05) is 0 Å². The highest BCUT2D eigenvalue weighted by atomic mass is 35.5. The molecule has 1 heterocycles. The first-order chi connectivity index (χ1) is 8.19. The second kappa shape index (κ2) is 5.69. The molecule has 0 N–H and O–H groups in total. The second-order valence-electron chi connectivity index (χ2n) is 4.41. The summed E-state index contributed by atoms with van der Waals surface area (Å²) in [7, 11) is 1.54. The summed E-state index contributed by atoms with van der Waals surface area (Å²) in [6, 6.07) is 5.03. The van der Waals surface area contributed by atoms with Gasteiger partial charge in [-0.15, -0.1) is 11.6 Å². The summed E-state index contributed by atoms with van der Waals surface area (Å²) in [5.74, 6) is 0.364. The number of benzene rings is 1. The van der Waals surface area contributed by atoms with Gasteiger partial charge in [-0.25, -0.2) is 4.39 Å². The zero-order chi connectivity index (χ0) is 12.3. The summed E-state index contributed by atoms with van der Waals surface area (Å²) in [6.07, 6.45) is 1.97. The smallest absolute Gasteiger partial charge is 0.131 e. The Morgan fingerprint density at radius 2 is 2.12 bits per heavy atom. The van der Waals surface area contributed by atoms with Crippen molar-refractivity contribution >= 4 is 11.6 Å². The lowest BCUT2D eigenvalue weighted by atomic mass is 10.1. The maximum atomic E-state index is 13.7. The van der Waals surface area contributed by atoms with Gasteiger partial charge in [0.25, 0.3) is 0 Å². The van der Waals surface area contributed by atoms with Crippen LogP contribution >= 0.6 is 11.6 Å². The van der Waals surface area contributed by atoms with Gasteiger partial charge in [0.05, 0.1) is 7.11 Å². The van der Waals surface area contributed by atoms with Crippen molar-refractivity contribution in [2.75, 3.05) is 20.2 Å². The van der Waals surface area contributed by atoms with Gasteiger partial charge in [0.1, 0.15) is 11.6 Å². The monoisotopic (exact) mass is 257 g/mol. The van der Waals surface area contributed by atoms with Crippen LogP contribution in [0.4, 0.5) is 4.39 Å². The number of piperidine rings is 1. The minimum absolute atomic E-state index is 0.197. The van der Waals surface area contributed by atoms with Crippen molar-refractivity contribution in [3.05, 3.63) is 29.6 Å². The largest absolute Gasteiger partial charge is 0.497 e. The van der Waals surface area contributed by atoms with Crippen molar-refractivity contribution in [2.24, 2.45) is 0 Å². The van der Waals surface area contributed by atoms with E-state index >= 15 is 0 Å². The number of hydrogen-bond donors (Lipinski definition) is 0. The summed E-state index contributed by atoms with van der Waals surface area (Å²) in [5, 5.41) is 0.284. The van der Waals surface area contributed by atoms with Crippen molar-refractivity contribution in [3.8, 4) is 5.75 Å². The Hall–Kier alpha value is -0.800. The molecule has 1 saturated heterocycles. The molecular weight excluding hydrogens is 241 g/mol. The van der Waals surface area contributed by atoms with Crippen molar-refractivity contribution in [1.29, 1.82) is 0 Å². The highest BCUT2D eigenvalue weighted by Gasteiger charge is 2.18. The van der Waals surface area contributed by atoms with Crippen LogP contribution in [0.5, 0.6) is 5.75 Å². The lowest BCUT2D eigenvalue weighted by Crippen LogP contribution is -2.33. The molecule has 0 atom stereocenters. The number of rotatable bonds is 3. The molecule has 0 radical (unpaired) electrons. The Labute approximate surface area is 106 Å². The van der Waals surface area contributed by atoms with E-state index in [1.54, 1.807) is 19.2 Å². The van der Waals surface area contributed by atoms with Gasteiger partial charge in [-0.1, -0.05) is 6.07 Å². The normalized spacial score (nSPS) is 18.3. The lowest BCUT2D eigenvalue weighted by Gasteiger charge is -2.29. The molecule has 0 amide bonds. The summed E-state index contributed by atoms with van der Waals surface area (Å²) >= 11 is 6.04. The molecule has 1 fully saturated rings. The number of hydrogen-bond acceptors (Lipinski definition) is 2. The van der Waals surface area contributed by atoms with E-state index in [1.165, 1.54) is 6.07 Å². The molecule has 1 aliphatic heterocycles. The predicted molar refractivity (Wildman–Crippen MR) is 67.1 cm³/mol. The lowest BCUT2D eigenvalue weighted by molar-refractivity contribution is 0.220. The van der Waals surface area contributed by atoms with Crippen LogP contribution in [0, 0.1) is 5.82 Å². The first-order valence-electron chi connectivity index (χ1n) is 5.88. The molecule has 0 unspecified atom stereocenters. The third-order valence-corrected chi connectivity index (χ3v) is 3.61. The van der Waals surface area contributed by atoms with Gasteiger partial charge in [-0.2, -0.15) is 0 Å². The molecule has 0 spiro atoms. The number of halogens is 2. The van der Waals surface area contributed by atoms with Crippen LogP contribution in [-0.4, -0.2) is 30.5 Å². The molecule has 0 aliphatic carbocycles. The van der Waals surface area contributed by atoms with Crippen molar-refractivity contribution in [1.82, 2.24) is 4.90 Å². The SMILES string of the molecule is COc1ccc(CN2CCC(Cl)CC2)c(F)c1. The van der Waals surface area contributed by atoms with E-state index in [0.717, 1.165) is 31.5 Å². The zero-order valence-corrected chi connectivity index (χ0v) is 10.7. The molecule has 0 saturated carbocycles. The summed E-state index contributed by atoms with van der Waals surface area (Å²) in [5.41, 5.74) is 0.721. The molecule has 4 heteroatoms. The Morgan fingerprint density at radius 3 is 2.71 bits per heavy atom. The van der Waals surface area contributed by atoms with Crippen molar-refractivity contribution < 1.29 is 9.13 Å². The van der Waals surface area contributed by atoms with Gasteiger partial charge >= 0.3 is 0 Å². The van der Waals surface area contributed by atoms with Crippen molar-refractivity contribution in [2.45, 2.75) is 24.8 Å². The van der Waals surface area contributed by atoms with Crippen LogP contribution in [0.3, 0.4) is 0 Å². The molecular formula is C13H17ClFNO. The van der Waals surface area contributed by atoms with Gasteiger partial charge in [-0.05, 0) is 32.0 Å². The molecule has 1 aromatic rings. The Bertz CT molecular complexity index is 378. The minimum atomic E-state index is -0.197. The van der Waals surface area contributed by atoms with E-state index in [4.69, 9.17) is 16.3 Å². The average molecular weight is 258 g/mol. The van der Waals surface area contributed by atoms with E-state index in [0.29, 0.717) is 12.3 Å². The van der Waals surface area contributed by atoms with Crippen LogP contribution in [-0.2, 0) is 6.54 Å². The highest BCUT2D eigenvalue weighted by molar-refractivity contribution is 6.20. The fourth-order valence-electron chi connectivity index (χ4n) is 2.08. The summed E-state index contributed by atoms with van der Waals surface area (Å²) in [4.78, 5) is 2.24. The van der Waals surface area contributed by atoms with Gasteiger partial charge < -0.3 is 4.74 Å². The highest BCUT2D eigenvalue weighted by Crippen LogP contribution is 2.21. The number of methoxy groups -OCH3 is 1. The standard InChI is InChI=1S/C13H17ClFNO/c1-17-12-3-2-10(13(15)8-12)9-16-6-4-11(14)5-7-16/h2-3,8,11H,4-7,9H2,1H3. The number of alkyl halides is 1. The number of nitrogens with zero attached hydrogens (tertiary/aromatic N) is 1. The molecule has 94 valence electrons. The van der Waals surface area contributed by atoms with E-state index in [9.17, 15) is 4.39 Å². The summed E-state index contributed by atoms with van der Waals surface area (Å²) < 4.78 is 18.7. The Balaban J connectivity index is 1.99. The molecule has 0 aromatic heterocycles. The van der Waals surface area contributed by atoms with E-state index in [-0.39, 0.29) is 11.2 Å². The Kier molecular flexibility index (Phi) is 4.24. The third-order valence-electron chi connectivity index (χ3n) is 3.17. The van der Waals surface area contributed by atoms with Gasteiger partial charge in [0.2, 0.25) is 0 Å². The molecule has 0 bridgehead atoms. The van der Waals surface area contributed by atoms with Crippen LogP contribution in [0.15, 0.2) is 18.2 Å². The van der Waals surface area contributed by atoms with Crippen LogP contribution in [0.25, 0.3) is 0 Å². The van der Waals surface area contributed by atoms with Crippen LogP contribution in [0.1, 0.15) is 18.4 Å². The quantitative estimate of drug-likeness (QED) is 0.772. The molecule has 17 heavy (non-hydrogen) atoms. The maximum Gasteiger partial charge on any atom is 0.131 e. The van der Waals surface area contributed by atoms with Gasteiger partial charge in [0, 0.05) is 23.6 Å². The molecule has 2 nitrogen and oxygen atoms in total. The third kappa shape index (κ3) is 3.33. The average Bonchev–Trinajstić information content (AvgIpc) is 2.34. The predicted octanol–water partition coefficient (Wildman–Crippen LogP) is 3.04. The van der Waals surface area contributed by atoms with E-state index < -0.39 is 0 Å². The van der Waals surface area contributed by atoms with Gasteiger partial charge in [-0.3, -0.25) is 4.90 Å². The van der Waals surface area contributed by atoms with Crippen LogP contribution < -0.4 is 4.74 Å². The fraction of sp³-hybridized carbons (Fsp3) is 0.538. The topological polar surface area (TPSA) is 12.5 Å². The molecule has 1 aromatic carbocycles. The van der Waals surface area contributed by atoms with Gasteiger partial charge in [0.15, 0.2) is 0 Å². The first-order valence-corrected chi connectivity index (χ1v) is 6.31. The van der Waals surface area contributed by atoms with Crippen molar-refractivity contribution in [3.63, 3.8) is 0 Å². The molecule has 1 aliphatic rings. The first kappa shape index (κ1) is 12.7. The molecule has 2 rings (SSSR count). The van der Waals surface area contributed by atoms with E-state index in [2.05, 4.69) is 4.90 Å². The maximum absolute atomic E-state index is 13.7. The minimum Gasteiger partial charge on any atom is -0.497 e. The Morgan fingerprint density at radius 1 is 1.41 bits per heavy atom. The zero-order valence-electron chi connectivity index (χ0n) is 9.96. The second-order valence-corrected chi connectivity index (χ2v) is 5.03. The number of ether oxygens (including phenoxy) is 1. The van der Waals surface area contributed by atoms with Crippen LogP contribution in [0.2, 0.25) is 0 Å². The summed E-state index contributed by atoms with van der Waals surface area (Å²) in [6.45, 7) is 2.54. The number of likely N-dealkylation sites (tertiary alicyclic amines) is 1.